The van der Waals surface area contributed by atoms with E-state index in [0.29, 0.717) is 12.3 Å². The van der Waals surface area contributed by atoms with Gasteiger partial charge in [-0.05, 0) is 74.7 Å². The normalized spacial score (nSPS) is 20.0. The van der Waals surface area contributed by atoms with Crippen molar-refractivity contribution < 1.29 is 4.79 Å². The third-order valence-electron chi connectivity index (χ3n) is 6.00. The van der Waals surface area contributed by atoms with Gasteiger partial charge in [0.05, 0.1) is 5.39 Å². The van der Waals surface area contributed by atoms with Crippen molar-refractivity contribution in [3.8, 4) is 0 Å². The molecule has 2 aromatic rings. The largest absolute Gasteiger partial charge is 0.281 e. The fraction of sp³-hybridized carbons (Fsp3) is 0.632. The predicted octanol–water partition coefficient (Wildman–Crippen LogP) is 3.23. The first-order valence-electron chi connectivity index (χ1n) is 9.52. The van der Waals surface area contributed by atoms with E-state index < -0.39 is 0 Å². The second-order valence-corrected chi connectivity index (χ2v) is 8.97. The molecule has 0 unspecified atom stereocenters. The molecule has 5 nitrogen and oxygen atoms in total. The zero-order valence-electron chi connectivity index (χ0n) is 14.3. The number of hydrogen-bond donors (Lipinski definition) is 1. The number of amides is 1. The van der Waals surface area contributed by atoms with Crippen LogP contribution in [0.25, 0.3) is 10.2 Å². The van der Waals surface area contributed by atoms with Crippen molar-refractivity contribution in [1.82, 2.24) is 9.66 Å². The Hall–Kier alpha value is -1.69. The van der Waals surface area contributed by atoms with Gasteiger partial charge < -0.3 is 0 Å². The van der Waals surface area contributed by atoms with Crippen LogP contribution in [0, 0.1) is 17.8 Å². The third kappa shape index (κ3) is 2.90. The lowest BCUT2D eigenvalue weighted by Gasteiger charge is -2.15. The molecule has 5 rings (SSSR count). The highest BCUT2D eigenvalue weighted by molar-refractivity contribution is 7.18. The Bertz CT molecular complexity index is 880. The molecule has 0 radical (unpaired) electrons. The molecule has 0 atom stereocenters. The lowest BCUT2D eigenvalue weighted by atomic mass is 9.94. The first kappa shape index (κ1) is 15.6. The maximum Gasteiger partial charge on any atom is 0.281 e. The van der Waals surface area contributed by atoms with E-state index in [1.165, 1.54) is 53.5 Å². The van der Waals surface area contributed by atoms with Crippen LogP contribution in [-0.2, 0) is 17.6 Å². The minimum Gasteiger partial charge on any atom is -0.273 e. The van der Waals surface area contributed by atoms with E-state index in [9.17, 15) is 9.59 Å². The summed E-state index contributed by atoms with van der Waals surface area (Å²) in [7, 11) is 0. The van der Waals surface area contributed by atoms with Crippen molar-refractivity contribution in [3.05, 3.63) is 27.1 Å². The Labute approximate surface area is 150 Å². The second kappa shape index (κ2) is 5.94. The average molecular weight is 357 g/mol. The van der Waals surface area contributed by atoms with E-state index >= 15 is 0 Å². The molecular weight excluding hydrogens is 334 g/mol. The molecule has 3 aliphatic carbocycles. The maximum absolute atomic E-state index is 12.9. The highest BCUT2D eigenvalue weighted by atomic mass is 32.1. The zero-order valence-corrected chi connectivity index (χ0v) is 15.1. The highest BCUT2D eigenvalue weighted by Gasteiger charge is 2.42. The Morgan fingerprint density at radius 1 is 1.24 bits per heavy atom. The lowest BCUT2D eigenvalue weighted by Crippen LogP contribution is -2.34. The third-order valence-corrected chi connectivity index (χ3v) is 7.20. The summed E-state index contributed by atoms with van der Waals surface area (Å²) in [5.74, 6) is 1.94. The molecule has 2 saturated carbocycles. The topological polar surface area (TPSA) is 64.0 Å². The maximum atomic E-state index is 12.9. The van der Waals surface area contributed by atoms with Gasteiger partial charge in [-0.25, -0.2) is 9.66 Å². The molecule has 6 heteroatoms. The van der Waals surface area contributed by atoms with Crippen LogP contribution in [0.15, 0.2) is 11.1 Å². The Morgan fingerprint density at radius 3 is 2.68 bits per heavy atom. The van der Waals surface area contributed by atoms with E-state index in [2.05, 4.69) is 10.4 Å². The van der Waals surface area contributed by atoms with E-state index in [1.807, 2.05) is 0 Å². The van der Waals surface area contributed by atoms with Crippen LogP contribution in [0.5, 0.6) is 0 Å². The lowest BCUT2D eigenvalue weighted by molar-refractivity contribution is -0.118. The van der Waals surface area contributed by atoms with Crippen LogP contribution in [0.4, 0.5) is 0 Å². The first-order valence-corrected chi connectivity index (χ1v) is 10.3. The van der Waals surface area contributed by atoms with E-state index in [-0.39, 0.29) is 11.5 Å². The smallest absolute Gasteiger partial charge is 0.273 e. The summed E-state index contributed by atoms with van der Waals surface area (Å²) in [6.45, 7) is 0. The van der Waals surface area contributed by atoms with Crippen molar-refractivity contribution in [2.24, 2.45) is 17.8 Å². The summed E-state index contributed by atoms with van der Waals surface area (Å²) in [4.78, 5) is 32.0. The van der Waals surface area contributed by atoms with Gasteiger partial charge in [0.1, 0.15) is 11.2 Å². The van der Waals surface area contributed by atoms with Crippen molar-refractivity contribution in [2.75, 3.05) is 5.43 Å². The van der Waals surface area contributed by atoms with Gasteiger partial charge in [0.2, 0.25) is 5.91 Å². The summed E-state index contributed by atoms with van der Waals surface area (Å²) >= 11 is 1.64. The molecule has 0 aliphatic heterocycles. The molecule has 1 amide bonds. The SMILES string of the molecule is O=C(CC(C1CC1)C1CC1)Nn1cnc2sc3c(c2c1=O)CCCC3. The molecule has 0 saturated heterocycles. The summed E-state index contributed by atoms with van der Waals surface area (Å²) in [6, 6.07) is 0. The molecule has 0 aromatic carbocycles. The van der Waals surface area contributed by atoms with Gasteiger partial charge >= 0.3 is 0 Å². The quantitative estimate of drug-likeness (QED) is 0.893. The molecule has 132 valence electrons. The summed E-state index contributed by atoms with van der Waals surface area (Å²) in [5.41, 5.74) is 3.85. The number of nitrogens with one attached hydrogen (secondary N) is 1. The molecule has 2 heterocycles. The first-order chi connectivity index (χ1) is 12.2. The standard InChI is InChI=1S/C19H23N3O2S/c23-16(9-14(11-5-6-11)12-7-8-12)21-22-10-20-18-17(19(22)24)13-3-1-2-4-15(13)25-18/h10-12,14H,1-9H2,(H,21,23). The molecule has 25 heavy (non-hydrogen) atoms. The summed E-state index contributed by atoms with van der Waals surface area (Å²) in [6.07, 6.45) is 11.4. The van der Waals surface area contributed by atoms with Gasteiger partial charge in [0.25, 0.3) is 5.56 Å². The van der Waals surface area contributed by atoms with Gasteiger partial charge in [-0.1, -0.05) is 0 Å². The molecule has 1 N–H and O–H groups in total. The van der Waals surface area contributed by atoms with Crippen LogP contribution in [-0.4, -0.2) is 15.6 Å². The van der Waals surface area contributed by atoms with Gasteiger partial charge in [0, 0.05) is 11.3 Å². The van der Waals surface area contributed by atoms with E-state index in [4.69, 9.17) is 0 Å². The van der Waals surface area contributed by atoms with Gasteiger partial charge in [0.15, 0.2) is 0 Å². The Kier molecular flexibility index (Phi) is 3.69. The van der Waals surface area contributed by atoms with Gasteiger partial charge in [-0.2, -0.15) is 0 Å². The number of carbonyl (C=O) groups is 1. The summed E-state index contributed by atoms with van der Waals surface area (Å²) in [5, 5.41) is 0.725. The number of thiophene rings is 1. The number of hydrogen-bond acceptors (Lipinski definition) is 4. The van der Waals surface area contributed by atoms with Crippen LogP contribution in [0.3, 0.4) is 0 Å². The molecule has 2 aromatic heterocycles. The molecule has 3 aliphatic rings. The van der Waals surface area contributed by atoms with Crippen LogP contribution < -0.4 is 11.0 Å². The van der Waals surface area contributed by atoms with E-state index in [0.717, 1.165) is 41.3 Å². The number of fused-ring (bicyclic) bond motifs is 3. The number of nitrogens with zero attached hydrogens (tertiary/aromatic N) is 2. The number of carbonyl (C=O) groups excluding carboxylic acids is 1. The van der Waals surface area contributed by atoms with E-state index in [1.54, 1.807) is 11.3 Å². The number of aryl methyl sites for hydroxylation is 2. The molecular formula is C19H23N3O2S. The number of aromatic nitrogens is 2. The fourth-order valence-corrected chi connectivity index (χ4v) is 5.61. The molecule has 2 fully saturated rings. The van der Waals surface area contributed by atoms with Gasteiger partial charge in [-0.3, -0.25) is 15.0 Å². The Morgan fingerprint density at radius 2 is 1.96 bits per heavy atom. The minimum atomic E-state index is -0.118. The molecule has 0 bridgehead atoms. The molecule has 0 spiro atoms. The Balaban J connectivity index is 1.40. The van der Waals surface area contributed by atoms with Crippen LogP contribution in [0.2, 0.25) is 0 Å². The van der Waals surface area contributed by atoms with Crippen molar-refractivity contribution in [1.29, 1.82) is 0 Å². The minimum absolute atomic E-state index is 0.0452. The monoisotopic (exact) mass is 357 g/mol. The van der Waals surface area contributed by atoms with Gasteiger partial charge in [-0.15, -0.1) is 11.3 Å². The fourth-order valence-electron chi connectivity index (χ4n) is 4.39. The second-order valence-electron chi connectivity index (χ2n) is 7.89. The van der Waals surface area contributed by atoms with Crippen LogP contribution >= 0.6 is 11.3 Å². The van der Waals surface area contributed by atoms with Crippen molar-refractivity contribution >= 4 is 27.5 Å². The van der Waals surface area contributed by atoms with Crippen LogP contribution in [0.1, 0.15) is 55.4 Å². The highest BCUT2D eigenvalue weighted by Crippen LogP contribution is 2.50. The zero-order chi connectivity index (χ0) is 17.0. The predicted molar refractivity (Wildman–Crippen MR) is 98.4 cm³/mol. The van der Waals surface area contributed by atoms with Crippen molar-refractivity contribution in [2.45, 2.75) is 57.8 Å². The number of rotatable bonds is 5. The average Bonchev–Trinajstić information content (AvgIpc) is 3.51. The summed E-state index contributed by atoms with van der Waals surface area (Å²) < 4.78 is 1.31. The van der Waals surface area contributed by atoms with Crippen molar-refractivity contribution in [3.63, 3.8) is 0 Å².